The molecule has 2 aromatic carbocycles. The zero-order valence-corrected chi connectivity index (χ0v) is 18.7. The third-order valence-corrected chi connectivity index (χ3v) is 6.56. The van der Waals surface area contributed by atoms with Crippen LogP contribution in [-0.2, 0) is 6.54 Å². The molecule has 2 N–H and O–H groups in total. The van der Waals surface area contributed by atoms with E-state index in [0.717, 1.165) is 29.4 Å². The molecule has 0 saturated heterocycles. The topological polar surface area (TPSA) is 66.6 Å². The largest absolute Gasteiger partial charge is 0.486 e. The average molecular weight is 450 g/mol. The molecule has 1 aromatic heterocycles. The van der Waals surface area contributed by atoms with Crippen molar-refractivity contribution in [2.24, 2.45) is 0 Å². The van der Waals surface area contributed by atoms with Crippen LogP contribution in [0.2, 0.25) is 0 Å². The van der Waals surface area contributed by atoms with Gasteiger partial charge in [-0.1, -0.05) is 37.5 Å². The number of pyridine rings is 1. The summed E-state index contributed by atoms with van der Waals surface area (Å²) in [7, 11) is 0. The highest BCUT2D eigenvalue weighted by Gasteiger charge is 2.25. The van der Waals surface area contributed by atoms with Gasteiger partial charge in [-0.15, -0.1) is 0 Å². The van der Waals surface area contributed by atoms with Gasteiger partial charge in [0.05, 0.1) is 12.1 Å². The van der Waals surface area contributed by atoms with E-state index in [-0.39, 0.29) is 5.56 Å². The molecule has 0 atom stereocenters. The van der Waals surface area contributed by atoms with Gasteiger partial charge in [0, 0.05) is 28.7 Å². The Labute approximate surface area is 192 Å². The third kappa shape index (κ3) is 4.43. The molecule has 166 valence electrons. The van der Waals surface area contributed by atoms with Gasteiger partial charge >= 0.3 is 0 Å². The van der Waals surface area contributed by atoms with Gasteiger partial charge in [-0.25, -0.2) is 0 Å². The lowest BCUT2D eigenvalue weighted by Gasteiger charge is -2.36. The molecule has 0 spiro atoms. The van der Waals surface area contributed by atoms with Crippen molar-refractivity contribution in [3.8, 4) is 11.5 Å². The van der Waals surface area contributed by atoms with Crippen molar-refractivity contribution in [1.82, 2.24) is 9.88 Å². The zero-order valence-electron chi connectivity index (χ0n) is 17.9. The Bertz CT molecular complexity index is 1170. The van der Waals surface area contributed by atoms with Crippen molar-refractivity contribution in [2.75, 3.05) is 18.5 Å². The summed E-state index contributed by atoms with van der Waals surface area (Å²) in [6.45, 7) is 1.51. The highest BCUT2D eigenvalue weighted by atomic mass is 32.1. The van der Waals surface area contributed by atoms with Crippen LogP contribution in [0.5, 0.6) is 11.5 Å². The summed E-state index contributed by atoms with van der Waals surface area (Å²) in [5.41, 5.74) is 2.29. The SMILES string of the molecule is O=c1[nH]c2cc3c(cc2cc1CN(C(=S)Nc1ccccc1)C1CCCCC1)OCCO3. The second-order valence-corrected chi connectivity index (χ2v) is 8.81. The number of thiocarbonyl (C=S) groups is 1. The van der Waals surface area contributed by atoms with Crippen molar-refractivity contribution in [1.29, 1.82) is 0 Å². The lowest BCUT2D eigenvalue weighted by atomic mass is 9.94. The van der Waals surface area contributed by atoms with Crippen LogP contribution in [0.1, 0.15) is 37.7 Å². The van der Waals surface area contributed by atoms with Crippen LogP contribution in [0.3, 0.4) is 0 Å². The Kier molecular flexibility index (Phi) is 5.99. The maximum Gasteiger partial charge on any atom is 0.253 e. The molecule has 0 amide bonds. The first kappa shape index (κ1) is 20.8. The van der Waals surface area contributed by atoms with Crippen molar-refractivity contribution in [3.63, 3.8) is 0 Å². The van der Waals surface area contributed by atoms with Gasteiger partial charge in [-0.2, -0.15) is 0 Å². The van der Waals surface area contributed by atoms with E-state index >= 15 is 0 Å². The van der Waals surface area contributed by atoms with Gasteiger partial charge < -0.3 is 24.7 Å². The summed E-state index contributed by atoms with van der Waals surface area (Å²) in [4.78, 5) is 18.2. The Morgan fingerprint density at radius 1 is 1.03 bits per heavy atom. The number of benzene rings is 2. The number of nitrogens with zero attached hydrogens (tertiary/aromatic N) is 1. The molecule has 0 radical (unpaired) electrons. The van der Waals surface area contributed by atoms with Crippen LogP contribution < -0.4 is 20.3 Å². The fraction of sp³-hybridized carbons (Fsp3) is 0.360. The first-order valence-electron chi connectivity index (χ1n) is 11.3. The number of para-hydroxylation sites is 1. The van der Waals surface area contributed by atoms with Gasteiger partial charge in [0.25, 0.3) is 5.56 Å². The van der Waals surface area contributed by atoms with Crippen molar-refractivity contribution < 1.29 is 9.47 Å². The highest BCUT2D eigenvalue weighted by molar-refractivity contribution is 7.80. The molecule has 0 bridgehead atoms. The Balaban J connectivity index is 1.46. The maximum absolute atomic E-state index is 13.0. The quantitative estimate of drug-likeness (QED) is 0.556. The molecule has 32 heavy (non-hydrogen) atoms. The highest BCUT2D eigenvalue weighted by Crippen LogP contribution is 2.34. The Hall–Kier alpha value is -3.06. The number of anilines is 1. The fourth-order valence-electron chi connectivity index (χ4n) is 4.57. The molecule has 1 saturated carbocycles. The molecule has 2 heterocycles. The summed E-state index contributed by atoms with van der Waals surface area (Å²) < 4.78 is 11.4. The average Bonchev–Trinajstić information content (AvgIpc) is 2.82. The molecule has 3 aromatic rings. The van der Waals surface area contributed by atoms with E-state index in [1.54, 1.807) is 0 Å². The number of fused-ring (bicyclic) bond motifs is 2. The lowest BCUT2D eigenvalue weighted by Crippen LogP contribution is -2.44. The molecule has 1 aliphatic carbocycles. The molecular weight excluding hydrogens is 422 g/mol. The molecule has 2 aliphatic rings. The standard InChI is InChI=1S/C25H27N3O3S/c29-24-18(13-17-14-22-23(15-21(17)27-24)31-12-11-30-22)16-28(20-9-5-2-6-10-20)25(32)26-19-7-3-1-4-8-19/h1,3-4,7-8,13-15,20H,2,5-6,9-12,16H2,(H,26,32)(H,27,29). The normalized spacial score (nSPS) is 16.0. The molecule has 1 aliphatic heterocycles. The number of nitrogens with one attached hydrogen (secondary N) is 2. The molecule has 5 rings (SSSR count). The van der Waals surface area contributed by atoms with Crippen molar-refractivity contribution >= 4 is 33.9 Å². The van der Waals surface area contributed by atoms with Gasteiger partial charge in [-0.05, 0) is 49.3 Å². The number of aromatic nitrogens is 1. The number of aromatic amines is 1. The number of hydrogen-bond acceptors (Lipinski definition) is 4. The smallest absolute Gasteiger partial charge is 0.253 e. The molecule has 7 heteroatoms. The summed E-state index contributed by atoms with van der Waals surface area (Å²) in [6, 6.07) is 16.0. The zero-order chi connectivity index (χ0) is 21.9. The number of hydrogen-bond donors (Lipinski definition) is 2. The maximum atomic E-state index is 13.0. The van der Waals surface area contributed by atoms with E-state index in [4.69, 9.17) is 21.7 Å². The number of ether oxygens (including phenoxy) is 2. The minimum absolute atomic E-state index is 0.0995. The van der Waals surface area contributed by atoms with E-state index in [1.807, 2.05) is 48.5 Å². The molecule has 0 unspecified atom stereocenters. The van der Waals surface area contributed by atoms with Crippen LogP contribution in [0, 0.1) is 0 Å². The van der Waals surface area contributed by atoms with Crippen LogP contribution in [-0.4, -0.2) is 34.3 Å². The van der Waals surface area contributed by atoms with Crippen LogP contribution in [0.4, 0.5) is 5.69 Å². The molecule has 1 fully saturated rings. The second-order valence-electron chi connectivity index (χ2n) is 8.42. The first-order chi connectivity index (χ1) is 15.7. The first-order valence-corrected chi connectivity index (χ1v) is 11.7. The van der Waals surface area contributed by atoms with E-state index in [1.165, 1.54) is 19.3 Å². The molecule has 6 nitrogen and oxygen atoms in total. The van der Waals surface area contributed by atoms with Crippen molar-refractivity contribution in [3.05, 3.63) is 64.4 Å². The van der Waals surface area contributed by atoms with E-state index in [9.17, 15) is 4.79 Å². The van der Waals surface area contributed by atoms with Gasteiger partial charge in [0.1, 0.15) is 13.2 Å². The summed E-state index contributed by atoms with van der Waals surface area (Å²) in [6.07, 6.45) is 5.80. The summed E-state index contributed by atoms with van der Waals surface area (Å²) in [5, 5.41) is 4.95. The van der Waals surface area contributed by atoms with Crippen LogP contribution in [0.25, 0.3) is 10.9 Å². The summed E-state index contributed by atoms with van der Waals surface area (Å²) in [5.74, 6) is 1.39. The Morgan fingerprint density at radius 3 is 2.50 bits per heavy atom. The van der Waals surface area contributed by atoms with E-state index in [2.05, 4.69) is 15.2 Å². The minimum Gasteiger partial charge on any atom is -0.486 e. The van der Waals surface area contributed by atoms with Gasteiger partial charge in [0.15, 0.2) is 16.6 Å². The number of H-pyrrole nitrogens is 1. The van der Waals surface area contributed by atoms with Crippen LogP contribution in [0.15, 0.2) is 53.3 Å². The lowest BCUT2D eigenvalue weighted by molar-refractivity contribution is 0.172. The predicted molar refractivity (Wildman–Crippen MR) is 131 cm³/mol. The second kappa shape index (κ2) is 9.20. The number of rotatable bonds is 4. The van der Waals surface area contributed by atoms with Gasteiger partial charge in [0.2, 0.25) is 0 Å². The molecular formula is C25H27N3O3S. The monoisotopic (exact) mass is 449 g/mol. The van der Waals surface area contributed by atoms with E-state index in [0.29, 0.717) is 48.0 Å². The summed E-state index contributed by atoms with van der Waals surface area (Å²) >= 11 is 5.82. The predicted octanol–water partition coefficient (Wildman–Crippen LogP) is 4.83. The van der Waals surface area contributed by atoms with Gasteiger partial charge in [-0.3, -0.25) is 4.79 Å². The minimum atomic E-state index is -0.0995. The van der Waals surface area contributed by atoms with Crippen molar-refractivity contribution in [2.45, 2.75) is 44.7 Å². The fourth-order valence-corrected chi connectivity index (χ4v) is 4.90. The van der Waals surface area contributed by atoms with E-state index < -0.39 is 0 Å². The van der Waals surface area contributed by atoms with Crippen LogP contribution >= 0.6 is 12.2 Å². The Morgan fingerprint density at radius 2 is 1.75 bits per heavy atom. The third-order valence-electron chi connectivity index (χ3n) is 6.23.